The summed E-state index contributed by atoms with van der Waals surface area (Å²) in [5.74, 6) is -0.328. The van der Waals surface area contributed by atoms with E-state index < -0.39 is 5.97 Å². The molecule has 2 aromatic heterocycles. The summed E-state index contributed by atoms with van der Waals surface area (Å²) in [5.41, 5.74) is 0.274. The number of nitrogens with zero attached hydrogens (tertiary/aromatic N) is 3. The maximum absolute atomic E-state index is 11.3. The van der Waals surface area contributed by atoms with Crippen LogP contribution < -0.4 is 4.90 Å². The third kappa shape index (κ3) is 1.51. The molecule has 17 heavy (non-hydrogen) atoms. The van der Waals surface area contributed by atoms with E-state index in [9.17, 15) is 9.90 Å². The summed E-state index contributed by atoms with van der Waals surface area (Å²) in [6, 6.07) is 0.442. The molecule has 90 valence electrons. The highest BCUT2D eigenvalue weighted by atomic mass is 32.1. The molecule has 0 aliphatic heterocycles. The molecule has 3 rings (SSSR count). The van der Waals surface area contributed by atoms with E-state index in [4.69, 9.17) is 0 Å². The van der Waals surface area contributed by atoms with Gasteiger partial charge < -0.3 is 10.0 Å². The van der Waals surface area contributed by atoms with Crippen molar-refractivity contribution in [2.24, 2.45) is 0 Å². The predicted octanol–water partition coefficient (Wildman–Crippen LogP) is 2.08. The van der Waals surface area contributed by atoms with Crippen molar-refractivity contribution in [3.05, 3.63) is 17.3 Å². The van der Waals surface area contributed by atoms with Gasteiger partial charge in [0.2, 0.25) is 0 Å². The molecular weight excluding hydrogens is 238 g/mol. The van der Waals surface area contributed by atoms with Crippen LogP contribution in [0.3, 0.4) is 0 Å². The molecule has 1 aliphatic rings. The summed E-state index contributed by atoms with van der Waals surface area (Å²) in [5, 5.41) is 11.2. The molecule has 0 aromatic carbocycles. The third-order valence-corrected chi connectivity index (χ3v) is 4.16. The average Bonchev–Trinajstić information content (AvgIpc) is 2.70. The van der Waals surface area contributed by atoms with Crippen molar-refractivity contribution in [1.29, 1.82) is 0 Å². The van der Waals surface area contributed by atoms with Crippen LogP contribution in [0.25, 0.3) is 4.96 Å². The zero-order valence-electron chi connectivity index (χ0n) is 9.46. The van der Waals surface area contributed by atoms with Gasteiger partial charge in [-0.1, -0.05) is 0 Å². The smallest absolute Gasteiger partial charge is 0.356 e. The van der Waals surface area contributed by atoms with Crippen LogP contribution in [-0.2, 0) is 0 Å². The van der Waals surface area contributed by atoms with E-state index in [1.807, 2.05) is 17.3 Å². The number of thiazole rings is 1. The molecule has 0 radical (unpaired) electrons. The number of anilines is 1. The molecule has 5 nitrogen and oxygen atoms in total. The second-order valence-corrected chi connectivity index (χ2v) is 5.21. The van der Waals surface area contributed by atoms with E-state index in [0.717, 1.165) is 17.8 Å². The molecule has 0 saturated heterocycles. The third-order valence-electron chi connectivity index (χ3n) is 3.40. The number of hydrogen-bond donors (Lipinski definition) is 1. The number of aromatic carboxylic acids is 1. The van der Waals surface area contributed by atoms with Gasteiger partial charge in [0.1, 0.15) is 0 Å². The largest absolute Gasteiger partial charge is 0.476 e. The van der Waals surface area contributed by atoms with Gasteiger partial charge in [0, 0.05) is 24.7 Å². The van der Waals surface area contributed by atoms with Crippen molar-refractivity contribution in [3.8, 4) is 0 Å². The summed E-state index contributed by atoms with van der Waals surface area (Å²) in [6.45, 7) is 0. The second-order valence-electron chi connectivity index (χ2n) is 4.34. The van der Waals surface area contributed by atoms with Gasteiger partial charge in [-0.2, -0.15) is 0 Å². The van der Waals surface area contributed by atoms with Gasteiger partial charge in [-0.05, 0) is 19.3 Å². The van der Waals surface area contributed by atoms with Crippen molar-refractivity contribution in [1.82, 2.24) is 9.38 Å². The zero-order chi connectivity index (χ0) is 12.0. The first-order valence-corrected chi connectivity index (χ1v) is 6.48. The minimum absolute atomic E-state index is 0.274. The van der Waals surface area contributed by atoms with Gasteiger partial charge in [-0.25, -0.2) is 9.78 Å². The normalized spacial score (nSPS) is 16.1. The van der Waals surface area contributed by atoms with Crippen molar-refractivity contribution < 1.29 is 9.90 Å². The van der Waals surface area contributed by atoms with Crippen molar-refractivity contribution in [2.75, 3.05) is 11.9 Å². The molecule has 2 aromatic rings. The van der Waals surface area contributed by atoms with E-state index >= 15 is 0 Å². The fourth-order valence-electron chi connectivity index (χ4n) is 2.17. The highest BCUT2D eigenvalue weighted by molar-refractivity contribution is 7.15. The van der Waals surface area contributed by atoms with Crippen LogP contribution in [0.2, 0.25) is 0 Å². The monoisotopic (exact) mass is 251 g/mol. The van der Waals surface area contributed by atoms with Crippen LogP contribution in [-0.4, -0.2) is 33.6 Å². The lowest BCUT2D eigenvalue weighted by atomic mass is 9.92. The summed E-state index contributed by atoms with van der Waals surface area (Å²) >= 11 is 1.46. The zero-order valence-corrected chi connectivity index (χ0v) is 10.3. The standard InChI is InChI=1S/C11H13N3O2S/c1-13(7-3-2-4-7)9-8(10(15)16)14-5-6-17-11(14)12-9/h5-7H,2-4H2,1H3,(H,15,16). The lowest BCUT2D eigenvalue weighted by Crippen LogP contribution is -2.38. The minimum atomic E-state index is -0.919. The number of carboxylic acids is 1. The highest BCUT2D eigenvalue weighted by Crippen LogP contribution is 2.31. The Hall–Kier alpha value is -1.56. The topological polar surface area (TPSA) is 57.8 Å². The molecule has 0 bridgehead atoms. The number of hydrogen-bond acceptors (Lipinski definition) is 4. The Labute approximate surface area is 102 Å². The number of carbonyl (C=O) groups is 1. The van der Waals surface area contributed by atoms with Crippen LogP contribution in [0.15, 0.2) is 11.6 Å². The van der Waals surface area contributed by atoms with E-state index in [1.54, 1.807) is 10.6 Å². The first-order chi connectivity index (χ1) is 8.18. The van der Waals surface area contributed by atoms with Crippen LogP contribution in [0, 0.1) is 0 Å². The first-order valence-electron chi connectivity index (χ1n) is 5.60. The summed E-state index contributed by atoms with van der Waals surface area (Å²) in [4.78, 5) is 18.5. The molecule has 6 heteroatoms. The fourth-order valence-corrected chi connectivity index (χ4v) is 2.88. The Morgan fingerprint density at radius 2 is 2.41 bits per heavy atom. The lowest BCUT2D eigenvalue weighted by Gasteiger charge is -2.35. The van der Waals surface area contributed by atoms with Gasteiger partial charge >= 0.3 is 5.97 Å². The Balaban J connectivity index is 2.10. The molecule has 0 unspecified atom stereocenters. The summed E-state index contributed by atoms with van der Waals surface area (Å²) in [6.07, 6.45) is 5.23. The van der Waals surface area contributed by atoms with E-state index in [1.165, 1.54) is 17.8 Å². The average molecular weight is 251 g/mol. The van der Waals surface area contributed by atoms with Crippen molar-refractivity contribution >= 4 is 28.1 Å². The SMILES string of the molecule is CN(c1nc2sccn2c1C(=O)O)C1CCC1. The Morgan fingerprint density at radius 3 is 3.00 bits per heavy atom. The number of fused-ring (bicyclic) bond motifs is 1. The molecule has 2 heterocycles. The van der Waals surface area contributed by atoms with Gasteiger partial charge in [0.05, 0.1) is 0 Å². The lowest BCUT2D eigenvalue weighted by molar-refractivity contribution is 0.0690. The molecule has 1 saturated carbocycles. The van der Waals surface area contributed by atoms with Crippen LogP contribution in [0.4, 0.5) is 5.82 Å². The Morgan fingerprint density at radius 1 is 1.65 bits per heavy atom. The minimum Gasteiger partial charge on any atom is -0.476 e. The summed E-state index contributed by atoms with van der Waals surface area (Å²) in [7, 11) is 1.93. The van der Waals surface area contributed by atoms with Crippen molar-refractivity contribution in [3.63, 3.8) is 0 Å². The van der Waals surface area contributed by atoms with Gasteiger partial charge in [0.25, 0.3) is 0 Å². The van der Waals surface area contributed by atoms with E-state index in [0.29, 0.717) is 11.9 Å². The Kier molecular flexibility index (Phi) is 2.32. The number of carboxylic acid groups (broad SMARTS) is 1. The number of aromatic nitrogens is 2. The second kappa shape index (κ2) is 3.73. The fraction of sp³-hybridized carbons (Fsp3) is 0.455. The number of imidazole rings is 1. The maximum Gasteiger partial charge on any atom is 0.356 e. The Bertz CT molecular complexity index is 570. The molecule has 0 spiro atoms. The molecule has 1 aliphatic carbocycles. The molecule has 0 atom stereocenters. The van der Waals surface area contributed by atoms with E-state index in [2.05, 4.69) is 4.98 Å². The van der Waals surface area contributed by atoms with Gasteiger partial charge in [-0.15, -0.1) is 11.3 Å². The first kappa shape index (κ1) is 10.6. The van der Waals surface area contributed by atoms with Crippen LogP contribution in [0.5, 0.6) is 0 Å². The quantitative estimate of drug-likeness (QED) is 0.907. The highest BCUT2D eigenvalue weighted by Gasteiger charge is 2.29. The van der Waals surface area contributed by atoms with Gasteiger partial charge in [-0.3, -0.25) is 4.40 Å². The predicted molar refractivity (Wildman–Crippen MR) is 66.1 cm³/mol. The van der Waals surface area contributed by atoms with E-state index in [-0.39, 0.29) is 5.69 Å². The van der Waals surface area contributed by atoms with Crippen LogP contribution in [0.1, 0.15) is 29.8 Å². The van der Waals surface area contributed by atoms with Gasteiger partial charge in [0.15, 0.2) is 16.5 Å². The molecular formula is C11H13N3O2S. The molecule has 0 amide bonds. The molecule has 1 N–H and O–H groups in total. The number of rotatable bonds is 3. The molecule has 1 fully saturated rings. The summed E-state index contributed by atoms with van der Waals surface area (Å²) < 4.78 is 1.65. The van der Waals surface area contributed by atoms with Crippen LogP contribution >= 0.6 is 11.3 Å². The maximum atomic E-state index is 11.3. The van der Waals surface area contributed by atoms with Crippen molar-refractivity contribution in [2.45, 2.75) is 25.3 Å².